The average molecular weight is 231 g/mol. The largest absolute Gasteiger partial charge is 0.353 e. The lowest BCUT2D eigenvalue weighted by molar-refractivity contribution is 0.622. The standard InChI is InChI=1S/C12H7F2N3/c13-8-4-9(7-16-6-8)17-12-3-1-2-11(14)10(12)5-15/h1-4,6-7,17H. The molecule has 0 atom stereocenters. The second-order valence-electron chi connectivity index (χ2n) is 3.29. The van der Waals surface area contributed by atoms with Crippen molar-refractivity contribution in [2.24, 2.45) is 0 Å². The summed E-state index contributed by atoms with van der Waals surface area (Å²) >= 11 is 0. The number of aromatic nitrogens is 1. The molecule has 0 fully saturated rings. The van der Waals surface area contributed by atoms with Gasteiger partial charge in [-0.05, 0) is 12.1 Å². The number of nitrogens with zero attached hydrogens (tertiary/aromatic N) is 2. The fraction of sp³-hybridized carbons (Fsp3) is 0. The second-order valence-corrected chi connectivity index (χ2v) is 3.29. The Morgan fingerprint density at radius 3 is 2.76 bits per heavy atom. The maximum atomic E-state index is 13.3. The Balaban J connectivity index is 2.37. The zero-order valence-electron chi connectivity index (χ0n) is 8.61. The van der Waals surface area contributed by atoms with Crippen molar-refractivity contribution >= 4 is 11.4 Å². The van der Waals surface area contributed by atoms with Crippen molar-refractivity contribution in [1.29, 1.82) is 5.26 Å². The van der Waals surface area contributed by atoms with Crippen LogP contribution in [0.4, 0.5) is 20.2 Å². The molecule has 0 amide bonds. The lowest BCUT2D eigenvalue weighted by atomic mass is 10.2. The molecule has 0 saturated carbocycles. The minimum atomic E-state index is -0.623. The lowest BCUT2D eigenvalue weighted by Crippen LogP contribution is -1.96. The fourth-order valence-corrected chi connectivity index (χ4v) is 1.38. The van der Waals surface area contributed by atoms with Gasteiger partial charge in [-0.25, -0.2) is 8.78 Å². The summed E-state index contributed by atoms with van der Waals surface area (Å²) in [5.74, 6) is -1.13. The van der Waals surface area contributed by atoms with Crippen LogP contribution in [-0.4, -0.2) is 4.98 Å². The molecule has 3 nitrogen and oxygen atoms in total. The maximum absolute atomic E-state index is 13.3. The van der Waals surface area contributed by atoms with Gasteiger partial charge >= 0.3 is 0 Å². The third kappa shape index (κ3) is 2.37. The molecule has 1 aromatic heterocycles. The first-order chi connectivity index (χ1) is 8.20. The monoisotopic (exact) mass is 231 g/mol. The van der Waals surface area contributed by atoms with Gasteiger partial charge in [-0.2, -0.15) is 5.26 Å². The third-order valence-electron chi connectivity index (χ3n) is 2.11. The van der Waals surface area contributed by atoms with E-state index in [-0.39, 0.29) is 11.3 Å². The molecule has 0 saturated heterocycles. The van der Waals surface area contributed by atoms with E-state index in [1.54, 1.807) is 6.07 Å². The Hall–Kier alpha value is -2.48. The number of pyridine rings is 1. The van der Waals surface area contributed by atoms with E-state index in [0.717, 1.165) is 6.20 Å². The SMILES string of the molecule is N#Cc1c(F)cccc1Nc1cncc(F)c1. The van der Waals surface area contributed by atoms with E-state index in [1.807, 2.05) is 0 Å². The number of halogens is 2. The summed E-state index contributed by atoms with van der Waals surface area (Å²) in [6.45, 7) is 0. The highest BCUT2D eigenvalue weighted by molar-refractivity contribution is 5.66. The highest BCUT2D eigenvalue weighted by atomic mass is 19.1. The Morgan fingerprint density at radius 2 is 2.06 bits per heavy atom. The normalized spacial score (nSPS) is 9.71. The first-order valence-corrected chi connectivity index (χ1v) is 4.77. The number of benzene rings is 1. The van der Waals surface area contributed by atoms with Crippen LogP contribution in [0.25, 0.3) is 0 Å². The fourth-order valence-electron chi connectivity index (χ4n) is 1.38. The molecule has 0 spiro atoms. The summed E-state index contributed by atoms with van der Waals surface area (Å²) in [5.41, 5.74) is 0.517. The minimum Gasteiger partial charge on any atom is -0.353 e. The van der Waals surface area contributed by atoms with Gasteiger partial charge < -0.3 is 5.32 Å². The molecule has 0 radical (unpaired) electrons. The predicted octanol–water partition coefficient (Wildman–Crippen LogP) is 2.98. The van der Waals surface area contributed by atoms with Crippen molar-refractivity contribution in [3.05, 3.63) is 53.9 Å². The molecule has 0 aliphatic rings. The molecule has 1 aromatic carbocycles. The molecule has 0 bridgehead atoms. The minimum absolute atomic E-state index is 0.114. The van der Waals surface area contributed by atoms with E-state index >= 15 is 0 Å². The van der Waals surface area contributed by atoms with Crippen LogP contribution in [0.1, 0.15) is 5.56 Å². The van der Waals surface area contributed by atoms with E-state index in [0.29, 0.717) is 5.69 Å². The molecule has 1 heterocycles. The van der Waals surface area contributed by atoms with Crippen LogP contribution >= 0.6 is 0 Å². The molecule has 84 valence electrons. The first kappa shape index (κ1) is 11.0. The zero-order valence-corrected chi connectivity index (χ0v) is 8.61. The number of nitriles is 1. The van der Waals surface area contributed by atoms with Gasteiger partial charge in [-0.15, -0.1) is 0 Å². The zero-order chi connectivity index (χ0) is 12.3. The Bertz CT molecular complexity index is 591. The predicted molar refractivity (Wildman–Crippen MR) is 58.6 cm³/mol. The van der Waals surface area contributed by atoms with Crippen molar-refractivity contribution < 1.29 is 8.78 Å². The highest BCUT2D eigenvalue weighted by Gasteiger charge is 2.07. The Labute approximate surface area is 96.3 Å². The second kappa shape index (κ2) is 4.58. The molecule has 1 N–H and O–H groups in total. The topological polar surface area (TPSA) is 48.7 Å². The number of anilines is 2. The number of hydrogen-bond acceptors (Lipinski definition) is 3. The summed E-state index contributed by atoms with van der Waals surface area (Å²) in [6, 6.07) is 7.14. The first-order valence-electron chi connectivity index (χ1n) is 4.77. The van der Waals surface area contributed by atoms with E-state index in [2.05, 4.69) is 10.3 Å². The van der Waals surface area contributed by atoms with Gasteiger partial charge in [0.15, 0.2) is 0 Å². The van der Waals surface area contributed by atoms with Gasteiger partial charge in [0.1, 0.15) is 23.3 Å². The molecule has 2 rings (SSSR count). The molecular weight excluding hydrogens is 224 g/mol. The van der Waals surface area contributed by atoms with Crippen molar-refractivity contribution in [2.75, 3.05) is 5.32 Å². The van der Waals surface area contributed by atoms with Crippen molar-refractivity contribution in [3.63, 3.8) is 0 Å². The number of nitrogens with one attached hydrogen (secondary N) is 1. The smallest absolute Gasteiger partial charge is 0.143 e. The van der Waals surface area contributed by atoms with Gasteiger partial charge in [-0.3, -0.25) is 4.98 Å². The highest BCUT2D eigenvalue weighted by Crippen LogP contribution is 2.22. The molecule has 0 aliphatic heterocycles. The van der Waals surface area contributed by atoms with E-state index in [4.69, 9.17) is 5.26 Å². The Kier molecular flexibility index (Phi) is 2.97. The molecule has 17 heavy (non-hydrogen) atoms. The van der Waals surface area contributed by atoms with E-state index in [9.17, 15) is 8.78 Å². The molecule has 5 heteroatoms. The van der Waals surface area contributed by atoms with Crippen LogP contribution in [0.15, 0.2) is 36.7 Å². The van der Waals surface area contributed by atoms with Gasteiger partial charge in [0.05, 0.1) is 23.8 Å². The van der Waals surface area contributed by atoms with E-state index in [1.165, 1.54) is 30.5 Å². The van der Waals surface area contributed by atoms with Gasteiger partial charge in [0, 0.05) is 6.07 Å². The van der Waals surface area contributed by atoms with Crippen molar-refractivity contribution in [3.8, 4) is 6.07 Å². The summed E-state index contributed by atoms with van der Waals surface area (Å²) in [5, 5.41) is 11.6. The van der Waals surface area contributed by atoms with Crippen molar-refractivity contribution in [2.45, 2.75) is 0 Å². The van der Waals surface area contributed by atoms with Crippen LogP contribution in [0, 0.1) is 23.0 Å². The quantitative estimate of drug-likeness (QED) is 0.864. The summed E-state index contributed by atoms with van der Waals surface area (Å²) in [7, 11) is 0. The molecular formula is C12H7F2N3. The molecule has 2 aromatic rings. The summed E-state index contributed by atoms with van der Waals surface area (Å²) in [4.78, 5) is 3.64. The summed E-state index contributed by atoms with van der Waals surface area (Å²) in [6.07, 6.45) is 2.44. The number of rotatable bonds is 2. The van der Waals surface area contributed by atoms with Crippen LogP contribution in [0.5, 0.6) is 0 Å². The molecule has 0 unspecified atom stereocenters. The lowest BCUT2D eigenvalue weighted by Gasteiger charge is -2.07. The van der Waals surface area contributed by atoms with Crippen LogP contribution in [-0.2, 0) is 0 Å². The van der Waals surface area contributed by atoms with Gasteiger partial charge in [0.2, 0.25) is 0 Å². The number of hydrogen-bond donors (Lipinski definition) is 1. The van der Waals surface area contributed by atoms with Crippen molar-refractivity contribution in [1.82, 2.24) is 4.98 Å². The summed E-state index contributed by atoms with van der Waals surface area (Å²) < 4.78 is 26.2. The maximum Gasteiger partial charge on any atom is 0.143 e. The third-order valence-corrected chi connectivity index (χ3v) is 2.11. The van der Waals surface area contributed by atoms with Gasteiger partial charge in [0.25, 0.3) is 0 Å². The van der Waals surface area contributed by atoms with Crippen LogP contribution in [0.2, 0.25) is 0 Å². The average Bonchev–Trinajstić information content (AvgIpc) is 2.29. The molecule has 0 aliphatic carbocycles. The van der Waals surface area contributed by atoms with Gasteiger partial charge in [-0.1, -0.05) is 6.07 Å². The van der Waals surface area contributed by atoms with E-state index < -0.39 is 11.6 Å². The Morgan fingerprint density at radius 1 is 1.24 bits per heavy atom. The van der Waals surface area contributed by atoms with Crippen LogP contribution < -0.4 is 5.32 Å². The van der Waals surface area contributed by atoms with Crippen LogP contribution in [0.3, 0.4) is 0 Å².